The Morgan fingerprint density at radius 2 is 2.16 bits per heavy atom. The lowest BCUT2D eigenvalue weighted by molar-refractivity contribution is 0.461. The van der Waals surface area contributed by atoms with E-state index in [2.05, 4.69) is 23.4 Å². The molecular formula is C18H28N4O2S. The number of fused-ring (bicyclic) bond motifs is 1. The number of sulfonamides is 1. The number of nitrogens with zero attached hydrogens (tertiary/aromatic N) is 4. The second-order valence-electron chi connectivity index (χ2n) is 7.35. The summed E-state index contributed by atoms with van der Waals surface area (Å²) >= 11 is 0. The first-order valence-electron chi connectivity index (χ1n) is 9.20. The van der Waals surface area contributed by atoms with Crippen molar-refractivity contribution in [3.63, 3.8) is 0 Å². The molecule has 1 saturated heterocycles. The van der Waals surface area contributed by atoms with Crippen LogP contribution in [-0.2, 0) is 16.6 Å². The Morgan fingerprint density at radius 3 is 2.88 bits per heavy atom. The molecule has 138 valence electrons. The molecule has 3 rings (SSSR count). The van der Waals surface area contributed by atoms with E-state index in [1.165, 1.54) is 0 Å². The highest BCUT2D eigenvalue weighted by molar-refractivity contribution is 7.89. The summed E-state index contributed by atoms with van der Waals surface area (Å²) < 4.78 is 28.9. The molecule has 25 heavy (non-hydrogen) atoms. The zero-order valence-corrected chi connectivity index (χ0v) is 16.2. The van der Waals surface area contributed by atoms with Crippen LogP contribution in [0.2, 0.25) is 0 Å². The molecule has 0 aromatic carbocycles. The van der Waals surface area contributed by atoms with Gasteiger partial charge in [0.15, 0.2) is 0 Å². The van der Waals surface area contributed by atoms with Gasteiger partial charge in [-0.1, -0.05) is 27.2 Å². The van der Waals surface area contributed by atoms with Crippen molar-refractivity contribution in [3.05, 3.63) is 24.3 Å². The molecule has 1 atom stereocenters. The van der Waals surface area contributed by atoms with Crippen LogP contribution in [0.25, 0.3) is 11.0 Å². The van der Waals surface area contributed by atoms with Gasteiger partial charge in [0.2, 0.25) is 10.0 Å². The summed E-state index contributed by atoms with van der Waals surface area (Å²) in [5.74, 6) is 1.90. The van der Waals surface area contributed by atoms with Gasteiger partial charge in [0.05, 0.1) is 23.0 Å². The lowest BCUT2D eigenvalue weighted by atomic mass is 10.1. The summed E-state index contributed by atoms with van der Waals surface area (Å²) in [6, 6.07) is 1.93. The Balaban J connectivity index is 1.87. The van der Waals surface area contributed by atoms with Crippen LogP contribution in [0, 0.1) is 5.92 Å². The van der Waals surface area contributed by atoms with Gasteiger partial charge in [-0.2, -0.15) is 0 Å². The molecule has 0 N–H and O–H groups in total. The van der Waals surface area contributed by atoms with Gasteiger partial charge < -0.3 is 4.57 Å². The van der Waals surface area contributed by atoms with E-state index in [1.54, 1.807) is 10.5 Å². The van der Waals surface area contributed by atoms with Gasteiger partial charge in [0, 0.05) is 31.7 Å². The molecule has 0 saturated carbocycles. The number of hydrogen-bond acceptors (Lipinski definition) is 4. The Bertz CT molecular complexity index is 829. The third kappa shape index (κ3) is 3.87. The Hall–Kier alpha value is -1.47. The summed E-state index contributed by atoms with van der Waals surface area (Å²) in [4.78, 5) is 9.07. The fourth-order valence-corrected chi connectivity index (χ4v) is 5.21. The maximum atomic E-state index is 12.5. The van der Waals surface area contributed by atoms with E-state index < -0.39 is 10.0 Å². The van der Waals surface area contributed by atoms with E-state index in [9.17, 15) is 8.42 Å². The zero-order chi connectivity index (χ0) is 18.0. The fourth-order valence-electron chi connectivity index (χ4n) is 3.50. The zero-order valence-electron chi connectivity index (χ0n) is 15.4. The minimum Gasteiger partial charge on any atom is -0.326 e. The van der Waals surface area contributed by atoms with Gasteiger partial charge in [0.25, 0.3) is 0 Å². The number of rotatable bonds is 7. The summed E-state index contributed by atoms with van der Waals surface area (Å²) in [6.45, 7) is 8.40. The number of pyridine rings is 1. The first kappa shape index (κ1) is 18.3. The highest BCUT2D eigenvalue weighted by Crippen LogP contribution is 2.31. The minimum atomic E-state index is -3.15. The Morgan fingerprint density at radius 1 is 1.36 bits per heavy atom. The fraction of sp³-hybridized carbons (Fsp3) is 0.667. The lowest BCUT2D eigenvalue weighted by Gasteiger charge is -2.18. The standard InChI is InChI=1S/C18H28N4O2S/c1-4-5-10-25(23,24)21-9-7-15(13-21)18-20-16-6-8-19-11-17(16)22(18)12-14(2)3/h6,8,11,14-15H,4-5,7,9-10,12-13H2,1-3H3. The molecule has 0 amide bonds. The average Bonchev–Trinajstić information content (AvgIpc) is 3.18. The van der Waals surface area contributed by atoms with E-state index in [0.29, 0.717) is 19.0 Å². The SMILES string of the molecule is CCCCS(=O)(=O)N1CCC(c2nc3ccncc3n2CC(C)C)C1. The Kier molecular flexibility index (Phi) is 5.43. The van der Waals surface area contributed by atoms with Crippen LogP contribution in [0.15, 0.2) is 18.5 Å². The van der Waals surface area contributed by atoms with E-state index in [1.807, 2.05) is 19.2 Å². The van der Waals surface area contributed by atoms with Crippen LogP contribution in [0.1, 0.15) is 51.8 Å². The van der Waals surface area contributed by atoms with E-state index in [4.69, 9.17) is 4.98 Å². The molecule has 1 fully saturated rings. The summed E-state index contributed by atoms with van der Waals surface area (Å²) in [5, 5.41) is 0. The van der Waals surface area contributed by atoms with Gasteiger partial charge in [-0.15, -0.1) is 0 Å². The van der Waals surface area contributed by atoms with Crippen LogP contribution in [0.5, 0.6) is 0 Å². The molecule has 6 nitrogen and oxygen atoms in total. The average molecular weight is 365 g/mol. The van der Waals surface area contributed by atoms with Crippen molar-refractivity contribution in [1.29, 1.82) is 0 Å². The lowest BCUT2D eigenvalue weighted by Crippen LogP contribution is -2.31. The van der Waals surface area contributed by atoms with Crippen LogP contribution in [0.4, 0.5) is 0 Å². The maximum Gasteiger partial charge on any atom is 0.214 e. The van der Waals surface area contributed by atoms with E-state index in [0.717, 1.165) is 42.7 Å². The molecule has 0 aliphatic carbocycles. The molecule has 3 heterocycles. The van der Waals surface area contributed by atoms with Crippen molar-refractivity contribution < 1.29 is 8.42 Å². The molecule has 1 aliphatic heterocycles. The minimum absolute atomic E-state index is 0.155. The van der Waals surface area contributed by atoms with Gasteiger partial charge in [-0.25, -0.2) is 17.7 Å². The summed E-state index contributed by atoms with van der Waals surface area (Å²) in [7, 11) is -3.15. The first-order chi connectivity index (χ1) is 11.9. The summed E-state index contributed by atoms with van der Waals surface area (Å²) in [5.41, 5.74) is 1.98. The van der Waals surface area contributed by atoms with Crippen molar-refractivity contribution in [2.45, 2.75) is 52.5 Å². The first-order valence-corrected chi connectivity index (χ1v) is 10.8. The van der Waals surface area contributed by atoms with Gasteiger partial charge in [-0.3, -0.25) is 4.98 Å². The maximum absolute atomic E-state index is 12.5. The van der Waals surface area contributed by atoms with Gasteiger partial charge >= 0.3 is 0 Å². The molecule has 1 aliphatic rings. The van der Waals surface area contributed by atoms with Crippen molar-refractivity contribution in [2.24, 2.45) is 5.92 Å². The molecule has 0 bridgehead atoms. The van der Waals surface area contributed by atoms with Gasteiger partial charge in [0.1, 0.15) is 5.82 Å². The molecular weight excluding hydrogens is 336 g/mol. The number of hydrogen-bond donors (Lipinski definition) is 0. The highest BCUT2D eigenvalue weighted by atomic mass is 32.2. The van der Waals surface area contributed by atoms with Gasteiger partial charge in [-0.05, 0) is 24.8 Å². The molecule has 2 aromatic heterocycles. The van der Waals surface area contributed by atoms with Crippen LogP contribution >= 0.6 is 0 Å². The molecule has 1 unspecified atom stereocenters. The van der Waals surface area contributed by atoms with E-state index >= 15 is 0 Å². The van der Waals surface area contributed by atoms with E-state index in [-0.39, 0.29) is 11.7 Å². The molecule has 0 spiro atoms. The normalized spacial score (nSPS) is 19.3. The largest absolute Gasteiger partial charge is 0.326 e. The number of aromatic nitrogens is 3. The van der Waals surface area contributed by atoms with Crippen LogP contribution in [-0.4, -0.2) is 46.1 Å². The second kappa shape index (κ2) is 7.41. The van der Waals surface area contributed by atoms with Crippen molar-refractivity contribution >= 4 is 21.1 Å². The predicted molar refractivity (Wildman–Crippen MR) is 100.0 cm³/mol. The smallest absolute Gasteiger partial charge is 0.214 e. The third-order valence-corrected chi connectivity index (χ3v) is 6.72. The molecule has 2 aromatic rings. The van der Waals surface area contributed by atoms with Crippen LogP contribution in [0.3, 0.4) is 0 Å². The van der Waals surface area contributed by atoms with Crippen molar-refractivity contribution in [3.8, 4) is 0 Å². The highest BCUT2D eigenvalue weighted by Gasteiger charge is 2.34. The second-order valence-corrected chi connectivity index (χ2v) is 9.44. The monoisotopic (exact) mass is 364 g/mol. The third-order valence-electron chi connectivity index (χ3n) is 4.79. The van der Waals surface area contributed by atoms with Crippen molar-refractivity contribution in [1.82, 2.24) is 18.8 Å². The van der Waals surface area contributed by atoms with Crippen molar-refractivity contribution in [2.75, 3.05) is 18.8 Å². The summed E-state index contributed by atoms with van der Waals surface area (Å²) in [6.07, 6.45) is 6.07. The molecule has 7 heteroatoms. The topological polar surface area (TPSA) is 68.1 Å². The van der Waals surface area contributed by atoms with Crippen LogP contribution < -0.4 is 0 Å². The number of unbranched alkanes of at least 4 members (excludes halogenated alkanes) is 1. The quantitative estimate of drug-likeness (QED) is 0.757. The number of imidazole rings is 1. The Labute approximate surface area is 150 Å². The predicted octanol–water partition coefficient (Wildman–Crippen LogP) is 3.01. The molecule has 0 radical (unpaired) electrons.